The van der Waals surface area contributed by atoms with Gasteiger partial charge in [0.05, 0.1) is 33.7 Å². The van der Waals surface area contributed by atoms with Crippen LogP contribution in [0, 0.1) is 17.2 Å². The number of hydrogen-bond acceptors (Lipinski definition) is 7. The lowest BCUT2D eigenvalue weighted by molar-refractivity contribution is -0.177. The molecule has 1 amide bonds. The van der Waals surface area contributed by atoms with Gasteiger partial charge in [-0.3, -0.25) is 4.79 Å². The Morgan fingerprint density at radius 1 is 1.13 bits per heavy atom. The van der Waals surface area contributed by atoms with E-state index in [-0.39, 0.29) is 12.2 Å². The van der Waals surface area contributed by atoms with Gasteiger partial charge in [0.1, 0.15) is 11.8 Å². The average Bonchev–Trinajstić information content (AvgIpc) is 3.52. The molecule has 45 heavy (non-hydrogen) atoms. The Morgan fingerprint density at radius 2 is 1.89 bits per heavy atom. The summed E-state index contributed by atoms with van der Waals surface area (Å²) in [5.74, 6) is 0.165. The zero-order valence-corrected chi connectivity index (χ0v) is 27.2. The molecule has 10 heteroatoms. The number of carbonyl (C=O) groups is 1. The Balaban J connectivity index is 1.14. The normalized spacial score (nSPS) is 16.9. The summed E-state index contributed by atoms with van der Waals surface area (Å²) >= 11 is 6.41. The van der Waals surface area contributed by atoms with Crippen LogP contribution in [0.15, 0.2) is 48.4 Å². The van der Waals surface area contributed by atoms with Crippen molar-refractivity contribution in [2.45, 2.75) is 71.5 Å². The Hall–Kier alpha value is -3.58. The first kappa shape index (κ1) is 32.8. The molecule has 0 bridgehead atoms. The predicted molar refractivity (Wildman–Crippen MR) is 180 cm³/mol. The van der Waals surface area contributed by atoms with Gasteiger partial charge in [0.25, 0.3) is 5.91 Å². The van der Waals surface area contributed by atoms with Gasteiger partial charge in [0.15, 0.2) is 6.29 Å². The zero-order valence-electron chi connectivity index (χ0n) is 26.5. The topological polar surface area (TPSA) is 107 Å². The van der Waals surface area contributed by atoms with Crippen molar-refractivity contribution in [3.8, 4) is 6.07 Å². The Bertz CT molecular complexity index is 1480. The van der Waals surface area contributed by atoms with Crippen molar-refractivity contribution in [3.05, 3.63) is 64.7 Å². The molecule has 2 aliphatic rings. The molecule has 0 aliphatic carbocycles. The van der Waals surface area contributed by atoms with Crippen LogP contribution in [0.3, 0.4) is 0 Å². The number of nitrogens with one attached hydrogen (secondary N) is 2. The number of nitrogens with zero attached hydrogens (tertiary/aromatic N) is 4. The number of amides is 1. The van der Waals surface area contributed by atoms with E-state index in [1.54, 1.807) is 18.5 Å². The molecule has 0 saturated carbocycles. The summed E-state index contributed by atoms with van der Waals surface area (Å²) in [6.45, 7) is 9.22. The second-order valence-corrected chi connectivity index (χ2v) is 12.4. The molecule has 1 aromatic carbocycles. The zero-order chi connectivity index (χ0) is 31.6. The van der Waals surface area contributed by atoms with Gasteiger partial charge in [-0.15, -0.1) is 0 Å². The van der Waals surface area contributed by atoms with Crippen molar-refractivity contribution < 1.29 is 14.3 Å². The van der Waals surface area contributed by atoms with E-state index < -0.39 is 0 Å². The number of fused-ring (bicyclic) bond motifs is 1. The highest BCUT2D eigenvalue weighted by atomic mass is 35.5. The van der Waals surface area contributed by atoms with Crippen molar-refractivity contribution in [1.29, 1.82) is 5.26 Å². The maximum absolute atomic E-state index is 13.0. The van der Waals surface area contributed by atoms with E-state index in [0.29, 0.717) is 28.7 Å². The van der Waals surface area contributed by atoms with Gasteiger partial charge >= 0.3 is 0 Å². The quantitative estimate of drug-likeness (QED) is 0.152. The minimum Gasteiger partial charge on any atom is -0.370 e. The smallest absolute Gasteiger partial charge is 0.273 e. The number of nitriles is 1. The van der Waals surface area contributed by atoms with Gasteiger partial charge < -0.3 is 29.6 Å². The number of pyridine rings is 1. The highest BCUT2D eigenvalue weighted by Crippen LogP contribution is 2.35. The monoisotopic (exact) mass is 632 g/mol. The lowest BCUT2D eigenvalue weighted by Gasteiger charge is -2.36. The number of unbranched alkanes of at least 4 members (excludes halogenated alkanes) is 2. The summed E-state index contributed by atoms with van der Waals surface area (Å²) in [5, 5.41) is 13.7. The molecule has 2 N–H and O–H groups in total. The second kappa shape index (κ2) is 16.1. The standard InChI is InChI=1S/C35H45ClN6O3/c1-3-5-18-44-35(45-19-6-4-2)26-13-16-41(17-14-26)28-9-11-30(38-23-28)34(43)40-21-25-8-7-15-42(24-25)31-12-10-29(36)32-27(20-37)22-39-33(31)32/h9-12,21-23,26,35,39H,3-8,13-19,24H2,1-2H3,(H,40,43). The Morgan fingerprint density at radius 3 is 2.56 bits per heavy atom. The van der Waals surface area contributed by atoms with E-state index >= 15 is 0 Å². The van der Waals surface area contributed by atoms with E-state index in [9.17, 15) is 10.1 Å². The maximum Gasteiger partial charge on any atom is 0.273 e. The molecule has 0 spiro atoms. The number of benzene rings is 1. The molecule has 240 valence electrons. The van der Waals surface area contributed by atoms with Gasteiger partial charge in [-0.1, -0.05) is 38.3 Å². The van der Waals surface area contributed by atoms with Crippen molar-refractivity contribution in [2.24, 2.45) is 5.92 Å². The molecular formula is C35H45ClN6O3. The molecular weight excluding hydrogens is 588 g/mol. The number of rotatable bonds is 13. The average molecular weight is 633 g/mol. The number of aromatic nitrogens is 2. The molecule has 2 aromatic heterocycles. The third-order valence-corrected chi connectivity index (χ3v) is 9.10. The minimum absolute atomic E-state index is 0.128. The Kier molecular flexibility index (Phi) is 11.8. The van der Waals surface area contributed by atoms with Crippen LogP contribution in [0.4, 0.5) is 11.4 Å². The van der Waals surface area contributed by atoms with Crippen LogP contribution < -0.4 is 15.1 Å². The number of piperidine rings is 2. The van der Waals surface area contributed by atoms with Gasteiger partial charge in [-0.25, -0.2) is 4.98 Å². The molecule has 2 fully saturated rings. The van der Waals surface area contributed by atoms with Gasteiger partial charge in [-0.05, 0) is 68.4 Å². The molecule has 5 rings (SSSR count). The number of H-pyrrole nitrogens is 1. The third kappa shape index (κ3) is 8.18. The molecule has 2 saturated heterocycles. The van der Waals surface area contributed by atoms with E-state index in [0.717, 1.165) is 112 Å². The van der Waals surface area contributed by atoms with E-state index in [4.69, 9.17) is 21.1 Å². The Labute approximate surface area is 271 Å². The summed E-state index contributed by atoms with van der Waals surface area (Å²) in [4.78, 5) is 25.3. The number of hydrogen-bond donors (Lipinski definition) is 2. The molecule has 2 aliphatic heterocycles. The van der Waals surface area contributed by atoms with Crippen molar-refractivity contribution in [1.82, 2.24) is 15.3 Å². The molecule has 0 atom stereocenters. The number of halogens is 1. The summed E-state index contributed by atoms with van der Waals surface area (Å²) < 4.78 is 12.3. The highest BCUT2D eigenvalue weighted by Gasteiger charge is 2.28. The predicted octanol–water partition coefficient (Wildman–Crippen LogP) is 7.18. The van der Waals surface area contributed by atoms with Gasteiger partial charge in [-0.2, -0.15) is 5.26 Å². The molecule has 4 heterocycles. The SMILES string of the molecule is CCCCOC(OCCCC)C1CCN(c2ccc(C(=O)NC=C3CCCN(c4ccc(Cl)c5c(C#N)c[nH]c45)C3)nc2)CC1. The van der Waals surface area contributed by atoms with Crippen LogP contribution in [0.1, 0.15) is 81.3 Å². The van der Waals surface area contributed by atoms with Gasteiger partial charge in [0.2, 0.25) is 0 Å². The molecule has 0 unspecified atom stereocenters. The van der Waals surface area contributed by atoms with Crippen LogP contribution in [0.5, 0.6) is 0 Å². The van der Waals surface area contributed by atoms with Crippen molar-refractivity contribution >= 4 is 39.8 Å². The fraction of sp³-hybridized carbons (Fsp3) is 0.514. The highest BCUT2D eigenvalue weighted by molar-refractivity contribution is 6.36. The minimum atomic E-state index is -0.224. The number of ether oxygens (including phenoxy) is 2. The number of aromatic amines is 1. The van der Waals surface area contributed by atoms with E-state index in [1.165, 1.54) is 0 Å². The maximum atomic E-state index is 13.0. The first-order chi connectivity index (χ1) is 22.0. The van der Waals surface area contributed by atoms with Crippen LogP contribution in [0.2, 0.25) is 5.02 Å². The van der Waals surface area contributed by atoms with Crippen LogP contribution >= 0.6 is 11.6 Å². The van der Waals surface area contributed by atoms with E-state index in [2.05, 4.69) is 45.0 Å². The third-order valence-electron chi connectivity index (χ3n) is 8.78. The number of carbonyl (C=O) groups excluding carboxylic acids is 1. The molecule has 9 nitrogen and oxygen atoms in total. The summed E-state index contributed by atoms with van der Waals surface area (Å²) in [6.07, 6.45) is 13.4. The lowest BCUT2D eigenvalue weighted by Crippen LogP contribution is -2.40. The summed E-state index contributed by atoms with van der Waals surface area (Å²) in [7, 11) is 0. The summed E-state index contributed by atoms with van der Waals surface area (Å²) in [6, 6.07) is 9.83. The van der Waals surface area contributed by atoms with E-state index in [1.807, 2.05) is 24.4 Å². The first-order valence-corrected chi connectivity index (χ1v) is 16.8. The largest absolute Gasteiger partial charge is 0.370 e. The van der Waals surface area contributed by atoms with Crippen LogP contribution in [0.25, 0.3) is 10.9 Å². The molecule has 0 radical (unpaired) electrons. The van der Waals surface area contributed by atoms with Crippen molar-refractivity contribution in [3.63, 3.8) is 0 Å². The lowest BCUT2D eigenvalue weighted by atomic mass is 9.95. The second-order valence-electron chi connectivity index (χ2n) is 12.0. The number of anilines is 2. The fourth-order valence-electron chi connectivity index (χ4n) is 6.15. The summed E-state index contributed by atoms with van der Waals surface area (Å²) in [5.41, 5.74) is 4.94. The first-order valence-electron chi connectivity index (χ1n) is 16.4. The molecule has 3 aromatic rings. The van der Waals surface area contributed by atoms with Gasteiger partial charge in [0, 0.05) is 63.1 Å². The van der Waals surface area contributed by atoms with Crippen LogP contribution in [-0.4, -0.2) is 61.6 Å². The van der Waals surface area contributed by atoms with Crippen LogP contribution in [-0.2, 0) is 9.47 Å². The fourth-order valence-corrected chi connectivity index (χ4v) is 6.41. The van der Waals surface area contributed by atoms with Crippen molar-refractivity contribution in [2.75, 3.05) is 49.2 Å².